The van der Waals surface area contributed by atoms with E-state index >= 15 is 0 Å². The summed E-state index contributed by atoms with van der Waals surface area (Å²) >= 11 is 0. The zero-order valence-electron chi connectivity index (χ0n) is 18.8. The molecule has 0 unspecified atom stereocenters. The number of nitrogens with zero attached hydrogens (tertiary/aromatic N) is 1. The highest BCUT2D eigenvalue weighted by atomic mass is 28.3. The van der Waals surface area contributed by atoms with Crippen LogP contribution >= 0.6 is 0 Å². The molecule has 0 spiro atoms. The highest BCUT2D eigenvalue weighted by Crippen LogP contribution is 2.29. The molecule has 1 aromatic heterocycles. The summed E-state index contributed by atoms with van der Waals surface area (Å²) in [5.74, 6) is 0. The first-order valence-corrected chi connectivity index (χ1v) is 14.6. The van der Waals surface area contributed by atoms with Crippen LogP contribution in [0.3, 0.4) is 0 Å². The van der Waals surface area contributed by atoms with Gasteiger partial charge in [0.25, 0.3) is 0 Å². The van der Waals surface area contributed by atoms with Crippen molar-refractivity contribution in [2.75, 3.05) is 0 Å². The largest absolute Gasteiger partial charge is 0.248 e. The van der Waals surface area contributed by atoms with E-state index in [1.54, 1.807) is 0 Å². The molecule has 5 rings (SSSR count). The SMILES string of the molecule is C[Si](C)(C)c1cccc(-c2ccc(-c3cccc(-c4ccc5ccccc5n4)c3)cc2)c1. The molecule has 5 aromatic rings. The fourth-order valence-electron chi connectivity index (χ4n) is 4.11. The molecule has 0 saturated heterocycles. The standard InChI is InChI=1S/C30H27NSi/c1-32(2,3)28-12-7-10-26(21-28)23-16-14-22(15-17-23)25-9-6-11-27(20-25)30-19-18-24-8-4-5-13-29(24)31-30/h4-21H,1-3H3. The Balaban J connectivity index is 1.46. The first kappa shape index (κ1) is 20.4. The Morgan fingerprint density at radius 1 is 0.500 bits per heavy atom. The van der Waals surface area contributed by atoms with Crippen molar-refractivity contribution >= 4 is 24.2 Å². The predicted octanol–water partition coefficient (Wildman–Crippen LogP) is 7.78. The molecule has 0 bridgehead atoms. The quantitative estimate of drug-likeness (QED) is 0.266. The van der Waals surface area contributed by atoms with Crippen molar-refractivity contribution in [2.45, 2.75) is 19.6 Å². The van der Waals surface area contributed by atoms with Crippen LogP contribution < -0.4 is 5.19 Å². The van der Waals surface area contributed by atoms with Crippen molar-refractivity contribution in [1.29, 1.82) is 0 Å². The topological polar surface area (TPSA) is 12.9 Å². The summed E-state index contributed by atoms with van der Waals surface area (Å²) < 4.78 is 0. The average Bonchev–Trinajstić information content (AvgIpc) is 2.83. The zero-order valence-corrected chi connectivity index (χ0v) is 19.8. The molecule has 2 heteroatoms. The van der Waals surface area contributed by atoms with Crippen LogP contribution in [0.4, 0.5) is 0 Å². The fourth-order valence-corrected chi connectivity index (χ4v) is 5.29. The van der Waals surface area contributed by atoms with Gasteiger partial charge in [0.15, 0.2) is 0 Å². The summed E-state index contributed by atoms with van der Waals surface area (Å²) in [5.41, 5.74) is 8.16. The number of para-hydroxylation sites is 1. The van der Waals surface area contributed by atoms with Crippen LogP contribution in [-0.2, 0) is 0 Å². The van der Waals surface area contributed by atoms with Crippen molar-refractivity contribution in [3.63, 3.8) is 0 Å². The van der Waals surface area contributed by atoms with Gasteiger partial charge in [0.05, 0.1) is 19.3 Å². The molecule has 0 radical (unpaired) electrons. The van der Waals surface area contributed by atoms with Gasteiger partial charge in [-0.05, 0) is 40.5 Å². The van der Waals surface area contributed by atoms with E-state index in [4.69, 9.17) is 4.98 Å². The van der Waals surface area contributed by atoms with Crippen LogP contribution in [0.15, 0.2) is 109 Å². The normalized spacial score (nSPS) is 11.6. The summed E-state index contributed by atoms with van der Waals surface area (Å²) in [7, 11) is -1.32. The van der Waals surface area contributed by atoms with Gasteiger partial charge in [-0.15, -0.1) is 0 Å². The van der Waals surface area contributed by atoms with Crippen LogP contribution in [0, 0.1) is 0 Å². The average molecular weight is 430 g/mol. The minimum Gasteiger partial charge on any atom is -0.248 e. The molecule has 4 aromatic carbocycles. The number of rotatable bonds is 4. The number of benzene rings is 4. The lowest BCUT2D eigenvalue weighted by Gasteiger charge is -2.17. The van der Waals surface area contributed by atoms with Crippen molar-refractivity contribution in [3.05, 3.63) is 109 Å². The number of hydrogen-bond donors (Lipinski definition) is 0. The van der Waals surface area contributed by atoms with Crippen molar-refractivity contribution in [2.24, 2.45) is 0 Å². The Morgan fingerprint density at radius 3 is 1.84 bits per heavy atom. The van der Waals surface area contributed by atoms with Crippen molar-refractivity contribution in [1.82, 2.24) is 4.98 Å². The maximum absolute atomic E-state index is 4.87. The van der Waals surface area contributed by atoms with Gasteiger partial charge in [-0.25, -0.2) is 4.98 Å². The van der Waals surface area contributed by atoms with Crippen LogP contribution in [0.1, 0.15) is 0 Å². The third kappa shape index (κ3) is 4.14. The third-order valence-corrected chi connectivity index (χ3v) is 8.08. The lowest BCUT2D eigenvalue weighted by atomic mass is 9.98. The lowest BCUT2D eigenvalue weighted by Crippen LogP contribution is -2.37. The van der Waals surface area contributed by atoms with Gasteiger partial charge >= 0.3 is 0 Å². The number of fused-ring (bicyclic) bond motifs is 1. The molecule has 0 aliphatic carbocycles. The molecule has 0 fully saturated rings. The fraction of sp³-hybridized carbons (Fsp3) is 0.100. The molecule has 0 saturated carbocycles. The van der Waals surface area contributed by atoms with E-state index < -0.39 is 8.07 Å². The number of aromatic nitrogens is 1. The predicted molar refractivity (Wildman–Crippen MR) is 141 cm³/mol. The van der Waals surface area contributed by atoms with Gasteiger partial charge in [0, 0.05) is 10.9 Å². The maximum atomic E-state index is 4.87. The highest BCUT2D eigenvalue weighted by molar-refractivity contribution is 6.88. The van der Waals surface area contributed by atoms with Crippen LogP contribution in [0.5, 0.6) is 0 Å². The first-order chi connectivity index (χ1) is 15.5. The molecule has 32 heavy (non-hydrogen) atoms. The zero-order chi connectivity index (χ0) is 22.1. The van der Waals surface area contributed by atoms with Gasteiger partial charge in [-0.1, -0.05) is 116 Å². The van der Waals surface area contributed by atoms with Gasteiger partial charge in [-0.3, -0.25) is 0 Å². The Hall–Kier alpha value is -3.49. The van der Waals surface area contributed by atoms with E-state index in [0.29, 0.717) is 0 Å². The smallest absolute Gasteiger partial charge is 0.0776 e. The molecule has 0 N–H and O–H groups in total. The Labute approximate surface area is 191 Å². The first-order valence-electron chi connectivity index (χ1n) is 11.1. The molecular weight excluding hydrogens is 402 g/mol. The molecule has 156 valence electrons. The Bertz CT molecular complexity index is 1390. The summed E-state index contributed by atoms with van der Waals surface area (Å²) in [6, 6.07) is 39.1. The van der Waals surface area contributed by atoms with E-state index in [1.807, 2.05) is 6.07 Å². The summed E-state index contributed by atoms with van der Waals surface area (Å²) in [6.45, 7) is 7.19. The van der Waals surface area contributed by atoms with E-state index in [1.165, 1.54) is 32.8 Å². The molecule has 0 amide bonds. The highest BCUT2D eigenvalue weighted by Gasteiger charge is 2.16. The van der Waals surface area contributed by atoms with Gasteiger partial charge < -0.3 is 0 Å². The van der Waals surface area contributed by atoms with E-state index in [-0.39, 0.29) is 0 Å². The van der Waals surface area contributed by atoms with E-state index in [2.05, 4.69) is 123 Å². The van der Waals surface area contributed by atoms with Gasteiger partial charge in [0.2, 0.25) is 0 Å². The van der Waals surface area contributed by atoms with Gasteiger partial charge in [-0.2, -0.15) is 0 Å². The van der Waals surface area contributed by atoms with Crippen molar-refractivity contribution in [3.8, 4) is 33.5 Å². The molecule has 1 nitrogen and oxygen atoms in total. The molecule has 0 aliphatic rings. The Morgan fingerprint density at radius 2 is 1.12 bits per heavy atom. The molecule has 0 aliphatic heterocycles. The minimum absolute atomic E-state index is 1.00. The second-order valence-electron chi connectivity index (χ2n) is 9.38. The van der Waals surface area contributed by atoms with Crippen LogP contribution in [0.25, 0.3) is 44.4 Å². The number of pyridine rings is 1. The minimum atomic E-state index is -1.32. The third-order valence-electron chi connectivity index (χ3n) is 6.04. The summed E-state index contributed by atoms with van der Waals surface area (Å²) in [4.78, 5) is 4.87. The molecular formula is C30H27NSi. The summed E-state index contributed by atoms with van der Waals surface area (Å²) in [5, 5.41) is 2.66. The van der Waals surface area contributed by atoms with E-state index in [9.17, 15) is 0 Å². The van der Waals surface area contributed by atoms with Crippen LogP contribution in [0.2, 0.25) is 19.6 Å². The monoisotopic (exact) mass is 429 g/mol. The maximum Gasteiger partial charge on any atom is 0.0776 e. The van der Waals surface area contributed by atoms with Gasteiger partial charge in [0.1, 0.15) is 0 Å². The lowest BCUT2D eigenvalue weighted by molar-refractivity contribution is 1.40. The Kier molecular flexibility index (Phi) is 5.24. The second kappa shape index (κ2) is 8.21. The molecule has 1 heterocycles. The van der Waals surface area contributed by atoms with Crippen LogP contribution in [-0.4, -0.2) is 13.1 Å². The summed E-state index contributed by atoms with van der Waals surface area (Å²) in [6.07, 6.45) is 0. The molecule has 0 atom stereocenters. The second-order valence-corrected chi connectivity index (χ2v) is 14.5. The van der Waals surface area contributed by atoms with E-state index in [0.717, 1.165) is 16.8 Å². The van der Waals surface area contributed by atoms with Crippen molar-refractivity contribution < 1.29 is 0 Å². The number of hydrogen-bond acceptors (Lipinski definition) is 1.